The SMILES string of the molecule is C[O-].C[O-].C[O-].[Hf+4].[OH-]. The first-order chi connectivity index (χ1) is 3.00. The first-order valence-electron chi connectivity index (χ1n) is 1.22. The van der Waals surface area contributed by atoms with E-state index in [1.807, 2.05) is 0 Å². The largest absolute Gasteiger partial charge is 4.00 e. The molecule has 0 aromatic heterocycles. The van der Waals surface area contributed by atoms with Gasteiger partial charge in [0.15, 0.2) is 0 Å². The maximum Gasteiger partial charge on any atom is 4.00 e. The van der Waals surface area contributed by atoms with Crippen LogP contribution in [0.5, 0.6) is 0 Å². The molecule has 0 aliphatic rings. The molecule has 5 heteroatoms. The van der Waals surface area contributed by atoms with Gasteiger partial charge < -0.3 is 20.8 Å². The van der Waals surface area contributed by atoms with Crippen LogP contribution in [-0.4, -0.2) is 26.8 Å². The van der Waals surface area contributed by atoms with Crippen LogP contribution in [0.15, 0.2) is 0 Å². The second-order valence-corrected chi connectivity index (χ2v) is 0. The van der Waals surface area contributed by atoms with E-state index in [0.29, 0.717) is 0 Å². The summed E-state index contributed by atoms with van der Waals surface area (Å²) in [5.74, 6) is 0. The molecule has 8 heavy (non-hydrogen) atoms. The molecule has 0 aliphatic carbocycles. The Morgan fingerprint density at radius 2 is 0.625 bits per heavy atom. The predicted octanol–water partition coefficient (Wildman–Crippen LogP) is -3.25. The van der Waals surface area contributed by atoms with E-state index in [4.69, 9.17) is 15.3 Å². The van der Waals surface area contributed by atoms with Crippen molar-refractivity contribution in [2.45, 2.75) is 0 Å². The summed E-state index contributed by atoms with van der Waals surface area (Å²) >= 11 is 0. The zero-order valence-electron chi connectivity index (χ0n) is 5.17. The van der Waals surface area contributed by atoms with Gasteiger partial charge in [0.05, 0.1) is 0 Å². The standard InChI is InChI=1S/3CH3O.Hf.H2O/c3*1-2;;/h3*1H3;;1H2/q3*-1;+4;/p-1. The van der Waals surface area contributed by atoms with E-state index in [1.54, 1.807) is 0 Å². The van der Waals surface area contributed by atoms with Gasteiger partial charge in [-0.3, -0.25) is 0 Å². The zero-order chi connectivity index (χ0) is 6.00. The summed E-state index contributed by atoms with van der Waals surface area (Å²) in [6.07, 6.45) is 0. The van der Waals surface area contributed by atoms with Crippen molar-refractivity contribution < 1.29 is 46.6 Å². The van der Waals surface area contributed by atoms with Gasteiger partial charge in [0.2, 0.25) is 0 Å². The molecule has 50 valence electrons. The van der Waals surface area contributed by atoms with E-state index in [9.17, 15) is 0 Å². The molecule has 0 unspecified atom stereocenters. The summed E-state index contributed by atoms with van der Waals surface area (Å²) in [4.78, 5) is 0. The average molecular weight is 289 g/mol. The summed E-state index contributed by atoms with van der Waals surface area (Å²) in [5, 5.41) is 24.8. The van der Waals surface area contributed by atoms with E-state index in [2.05, 4.69) is 0 Å². The van der Waals surface area contributed by atoms with Gasteiger partial charge in [0.25, 0.3) is 0 Å². The van der Waals surface area contributed by atoms with Crippen LogP contribution in [0.4, 0.5) is 0 Å². The summed E-state index contributed by atoms with van der Waals surface area (Å²) < 4.78 is 0. The first kappa shape index (κ1) is 37.6. The van der Waals surface area contributed by atoms with E-state index >= 15 is 0 Å². The van der Waals surface area contributed by atoms with Crippen molar-refractivity contribution in [1.82, 2.24) is 0 Å². The molecular formula is C3H10HfO4. The fraction of sp³-hybridized carbons (Fsp3) is 1.00. The molecule has 0 radical (unpaired) electrons. The smallest absolute Gasteiger partial charge is 0.870 e. The van der Waals surface area contributed by atoms with Gasteiger partial charge in [-0.25, -0.2) is 0 Å². The Hall–Kier alpha value is 0.710. The quantitative estimate of drug-likeness (QED) is 0.437. The Morgan fingerprint density at radius 3 is 0.625 bits per heavy atom. The minimum Gasteiger partial charge on any atom is -0.870 e. The molecule has 0 rings (SSSR count). The molecule has 0 aromatic rings. The van der Waals surface area contributed by atoms with E-state index < -0.39 is 0 Å². The van der Waals surface area contributed by atoms with Crippen molar-refractivity contribution in [3.8, 4) is 0 Å². The summed E-state index contributed by atoms with van der Waals surface area (Å²) in [5.41, 5.74) is 0. The molecule has 0 aromatic carbocycles. The van der Waals surface area contributed by atoms with Gasteiger partial charge in [0.1, 0.15) is 0 Å². The van der Waals surface area contributed by atoms with Gasteiger partial charge in [-0.15, -0.1) is 0 Å². The Balaban J connectivity index is -0.00000000500. The van der Waals surface area contributed by atoms with Crippen molar-refractivity contribution in [1.29, 1.82) is 0 Å². The molecule has 0 amide bonds. The minimum absolute atomic E-state index is 0. The first-order valence-corrected chi connectivity index (χ1v) is 1.22. The Labute approximate surface area is 68.3 Å². The van der Waals surface area contributed by atoms with Crippen LogP contribution >= 0.6 is 0 Å². The third-order valence-electron chi connectivity index (χ3n) is 0. The molecule has 0 aliphatic heterocycles. The molecule has 0 saturated heterocycles. The molecule has 0 saturated carbocycles. The topological polar surface area (TPSA) is 99.2 Å². The summed E-state index contributed by atoms with van der Waals surface area (Å²) in [7, 11) is 2.25. The van der Waals surface area contributed by atoms with Crippen LogP contribution in [0.3, 0.4) is 0 Å². The maximum atomic E-state index is 8.25. The van der Waals surface area contributed by atoms with Crippen LogP contribution in [0.25, 0.3) is 0 Å². The average Bonchev–Trinajstić information content (AvgIpc) is 1.81. The van der Waals surface area contributed by atoms with Crippen LogP contribution in [0, 0.1) is 0 Å². The van der Waals surface area contributed by atoms with Gasteiger partial charge in [-0.2, -0.15) is 21.3 Å². The molecular weight excluding hydrogens is 279 g/mol. The molecule has 0 heterocycles. The number of rotatable bonds is 0. The maximum absolute atomic E-state index is 8.25. The Bertz CT molecular complexity index is 11.2. The van der Waals surface area contributed by atoms with Gasteiger partial charge >= 0.3 is 25.8 Å². The van der Waals surface area contributed by atoms with Gasteiger partial charge in [-0.05, 0) is 0 Å². The molecule has 1 N–H and O–H groups in total. The van der Waals surface area contributed by atoms with Crippen molar-refractivity contribution in [3.63, 3.8) is 0 Å². The molecule has 0 fully saturated rings. The van der Waals surface area contributed by atoms with E-state index in [0.717, 1.165) is 21.3 Å². The van der Waals surface area contributed by atoms with Crippen molar-refractivity contribution >= 4 is 0 Å². The van der Waals surface area contributed by atoms with Crippen molar-refractivity contribution in [2.75, 3.05) is 21.3 Å². The summed E-state index contributed by atoms with van der Waals surface area (Å²) in [6, 6.07) is 0. The fourth-order valence-corrected chi connectivity index (χ4v) is 0. The van der Waals surface area contributed by atoms with Gasteiger partial charge in [0, 0.05) is 0 Å². The molecule has 0 bridgehead atoms. The van der Waals surface area contributed by atoms with Crippen LogP contribution in [-0.2, 0) is 25.8 Å². The third kappa shape index (κ3) is 434. The minimum atomic E-state index is 0. The van der Waals surface area contributed by atoms with E-state index in [1.165, 1.54) is 0 Å². The van der Waals surface area contributed by atoms with Crippen LogP contribution in [0.2, 0.25) is 0 Å². The molecule has 4 nitrogen and oxygen atoms in total. The Kier molecular flexibility index (Phi) is 3240. The second kappa shape index (κ2) is 688. The summed E-state index contributed by atoms with van der Waals surface area (Å²) in [6.45, 7) is 0. The molecule has 0 spiro atoms. The zero-order valence-corrected chi connectivity index (χ0v) is 8.76. The predicted molar refractivity (Wildman–Crippen MR) is 19.7 cm³/mol. The number of hydrogen-bond acceptors (Lipinski definition) is 4. The molecule has 0 atom stereocenters. The fourth-order valence-electron chi connectivity index (χ4n) is 0. The van der Waals surface area contributed by atoms with Crippen molar-refractivity contribution in [3.05, 3.63) is 0 Å². The van der Waals surface area contributed by atoms with Gasteiger partial charge in [-0.1, -0.05) is 0 Å². The van der Waals surface area contributed by atoms with Crippen LogP contribution in [0.1, 0.15) is 0 Å². The Morgan fingerprint density at radius 1 is 0.625 bits per heavy atom. The normalized spacial score (nSPS) is 2.25. The third-order valence-corrected chi connectivity index (χ3v) is 0. The number of hydrogen-bond donors (Lipinski definition) is 0. The monoisotopic (exact) mass is 290 g/mol. The van der Waals surface area contributed by atoms with Crippen LogP contribution < -0.4 is 15.3 Å². The second-order valence-electron chi connectivity index (χ2n) is 0. The van der Waals surface area contributed by atoms with E-state index in [-0.39, 0.29) is 31.3 Å². The van der Waals surface area contributed by atoms with Crippen molar-refractivity contribution in [2.24, 2.45) is 0 Å².